The average molecular weight is 491 g/mol. The zero-order chi connectivity index (χ0) is 25.5. The van der Waals surface area contributed by atoms with Gasteiger partial charge in [-0.05, 0) is 60.4 Å². The van der Waals surface area contributed by atoms with Gasteiger partial charge in [-0.2, -0.15) is 5.26 Å². The molecule has 0 aromatic heterocycles. The van der Waals surface area contributed by atoms with Gasteiger partial charge < -0.3 is 15.4 Å². The Morgan fingerprint density at radius 3 is 2.61 bits per heavy atom. The second-order valence-electron chi connectivity index (χ2n) is 10.9. The van der Waals surface area contributed by atoms with Crippen LogP contribution in [0.25, 0.3) is 10.8 Å². The number of hydrogen-bond acceptors (Lipinski definition) is 5. The molecule has 2 unspecified atom stereocenters. The highest BCUT2D eigenvalue weighted by Gasteiger charge is 2.41. The fourth-order valence-corrected chi connectivity index (χ4v) is 5.54. The number of carbonyl (C=O) groups excluding carboxylic acids is 2. The summed E-state index contributed by atoms with van der Waals surface area (Å²) in [5, 5.41) is 17.8. The fourth-order valence-electron chi connectivity index (χ4n) is 5.54. The molecule has 2 N–H and O–H groups in total. The summed E-state index contributed by atoms with van der Waals surface area (Å²) in [6.07, 6.45) is 6.77. The molecule has 0 bridgehead atoms. The van der Waals surface area contributed by atoms with E-state index in [4.69, 9.17) is 4.74 Å². The number of benzene rings is 2. The van der Waals surface area contributed by atoms with E-state index < -0.39 is 17.7 Å². The normalized spacial score (nSPS) is 21.7. The molecule has 1 saturated carbocycles. The molecule has 7 nitrogen and oxygen atoms in total. The Labute approximate surface area is 214 Å². The first-order valence-corrected chi connectivity index (χ1v) is 13.3. The molecule has 1 aliphatic heterocycles. The molecule has 2 aromatic carbocycles. The van der Waals surface area contributed by atoms with E-state index in [-0.39, 0.29) is 11.8 Å². The Bertz CT molecular complexity index is 1110. The van der Waals surface area contributed by atoms with Crippen molar-refractivity contribution in [2.45, 2.75) is 70.4 Å². The van der Waals surface area contributed by atoms with Crippen molar-refractivity contribution in [3.05, 3.63) is 42.5 Å². The molecule has 2 amide bonds. The zero-order valence-corrected chi connectivity index (χ0v) is 21.5. The third kappa shape index (κ3) is 6.76. The number of hydrogen-bond donors (Lipinski definition) is 2. The molecule has 2 fully saturated rings. The maximum Gasteiger partial charge on any atom is 0.413 e. The lowest BCUT2D eigenvalue weighted by Crippen LogP contribution is -2.56. The highest BCUT2D eigenvalue weighted by Crippen LogP contribution is 2.28. The van der Waals surface area contributed by atoms with Gasteiger partial charge in [-0.25, -0.2) is 4.79 Å². The predicted octanol–water partition coefficient (Wildman–Crippen LogP) is 5.01. The number of nitrogens with zero attached hydrogens (tertiary/aromatic N) is 2. The number of nitriles is 1. The van der Waals surface area contributed by atoms with Crippen LogP contribution >= 0.6 is 0 Å². The van der Waals surface area contributed by atoms with E-state index in [1.165, 1.54) is 32.1 Å². The molecule has 0 radical (unpaired) electrons. The van der Waals surface area contributed by atoms with Crippen LogP contribution in [0.2, 0.25) is 0 Å². The Kier molecular flexibility index (Phi) is 8.48. The van der Waals surface area contributed by atoms with Crippen LogP contribution in [0.1, 0.15) is 58.8 Å². The number of amides is 2. The highest BCUT2D eigenvalue weighted by molar-refractivity contribution is 5.88. The van der Waals surface area contributed by atoms with Gasteiger partial charge in [-0.3, -0.25) is 9.69 Å². The van der Waals surface area contributed by atoms with Gasteiger partial charge in [0.25, 0.3) is 0 Å². The first-order valence-electron chi connectivity index (χ1n) is 13.3. The molecule has 1 aliphatic carbocycles. The second-order valence-corrected chi connectivity index (χ2v) is 10.9. The summed E-state index contributed by atoms with van der Waals surface area (Å²) in [6, 6.07) is 14.9. The van der Waals surface area contributed by atoms with Crippen LogP contribution in [0.5, 0.6) is 5.75 Å². The van der Waals surface area contributed by atoms with Crippen LogP contribution in [0.3, 0.4) is 0 Å². The summed E-state index contributed by atoms with van der Waals surface area (Å²) in [4.78, 5) is 28.3. The SMILES string of the molecule is CC(C)CC(NC(=O)Oc1ccc2ccccc2c1)C(=O)NC1(C#N)CCN(CC2CCCCC2)C1. The monoisotopic (exact) mass is 490 g/mol. The van der Waals surface area contributed by atoms with Crippen LogP contribution in [0.4, 0.5) is 4.79 Å². The van der Waals surface area contributed by atoms with E-state index >= 15 is 0 Å². The first-order chi connectivity index (χ1) is 17.4. The zero-order valence-electron chi connectivity index (χ0n) is 21.5. The van der Waals surface area contributed by atoms with Crippen molar-refractivity contribution in [3.8, 4) is 11.8 Å². The average Bonchev–Trinajstić information content (AvgIpc) is 3.26. The minimum atomic E-state index is -0.926. The van der Waals surface area contributed by atoms with Gasteiger partial charge >= 0.3 is 6.09 Å². The van der Waals surface area contributed by atoms with Crippen LogP contribution in [-0.2, 0) is 4.79 Å². The molecule has 0 spiro atoms. The molecule has 4 rings (SSSR count). The highest BCUT2D eigenvalue weighted by atomic mass is 16.6. The lowest BCUT2D eigenvalue weighted by atomic mass is 9.89. The number of ether oxygens (including phenoxy) is 1. The standard InChI is InChI=1S/C29H38N4O3/c1-21(2)16-26(31-28(35)36-25-13-12-23-10-6-7-11-24(23)17-25)27(34)32-29(19-30)14-15-33(20-29)18-22-8-4-3-5-9-22/h6-7,10-13,17,21-22,26H,3-5,8-9,14-16,18,20H2,1-2H3,(H,31,35)(H,32,34). The second kappa shape index (κ2) is 11.7. The molecule has 1 saturated heterocycles. The topological polar surface area (TPSA) is 94.5 Å². The maximum atomic E-state index is 13.3. The number of rotatable bonds is 8. The van der Waals surface area contributed by atoms with E-state index in [0.29, 0.717) is 31.1 Å². The van der Waals surface area contributed by atoms with Crippen molar-refractivity contribution >= 4 is 22.8 Å². The number of fused-ring (bicyclic) bond motifs is 1. The third-order valence-electron chi connectivity index (χ3n) is 7.41. The quantitative estimate of drug-likeness (QED) is 0.543. The maximum absolute atomic E-state index is 13.3. The van der Waals surface area contributed by atoms with Crippen LogP contribution < -0.4 is 15.4 Å². The van der Waals surface area contributed by atoms with Crippen molar-refractivity contribution < 1.29 is 14.3 Å². The fraction of sp³-hybridized carbons (Fsp3) is 0.552. The molecule has 2 aliphatic rings. The van der Waals surface area contributed by atoms with Gasteiger partial charge in [0.2, 0.25) is 5.91 Å². The lowest BCUT2D eigenvalue weighted by Gasteiger charge is -2.29. The largest absolute Gasteiger partial charge is 0.413 e. The van der Waals surface area contributed by atoms with Gasteiger partial charge in [0, 0.05) is 19.6 Å². The molecular weight excluding hydrogens is 452 g/mol. The summed E-state index contributed by atoms with van der Waals surface area (Å²) < 4.78 is 5.50. The van der Waals surface area contributed by atoms with Crippen LogP contribution in [-0.4, -0.2) is 48.1 Å². The summed E-state index contributed by atoms with van der Waals surface area (Å²) >= 11 is 0. The molecule has 2 aromatic rings. The smallest absolute Gasteiger partial charge is 0.410 e. The van der Waals surface area contributed by atoms with E-state index in [9.17, 15) is 14.9 Å². The van der Waals surface area contributed by atoms with Crippen molar-refractivity contribution in [2.24, 2.45) is 11.8 Å². The Balaban J connectivity index is 1.37. The van der Waals surface area contributed by atoms with Crippen molar-refractivity contribution in [2.75, 3.05) is 19.6 Å². The third-order valence-corrected chi connectivity index (χ3v) is 7.41. The number of nitrogens with one attached hydrogen (secondary N) is 2. The first kappa shape index (κ1) is 26.0. The summed E-state index contributed by atoms with van der Waals surface area (Å²) in [5.41, 5.74) is -0.926. The van der Waals surface area contributed by atoms with Gasteiger partial charge in [0.05, 0.1) is 6.07 Å². The Morgan fingerprint density at radius 2 is 1.89 bits per heavy atom. The molecular formula is C29H38N4O3. The minimum absolute atomic E-state index is 0.172. The predicted molar refractivity (Wildman–Crippen MR) is 140 cm³/mol. The Hall–Kier alpha value is -3.11. The molecule has 192 valence electrons. The summed E-state index contributed by atoms with van der Waals surface area (Å²) in [5.74, 6) is 0.938. The summed E-state index contributed by atoms with van der Waals surface area (Å²) in [6.45, 7) is 6.32. The van der Waals surface area contributed by atoms with Gasteiger partial charge in [-0.15, -0.1) is 0 Å². The van der Waals surface area contributed by atoms with E-state index in [1.807, 2.05) is 44.2 Å². The van der Waals surface area contributed by atoms with Gasteiger partial charge in [-0.1, -0.05) is 63.4 Å². The van der Waals surface area contributed by atoms with E-state index in [2.05, 4.69) is 21.6 Å². The lowest BCUT2D eigenvalue weighted by molar-refractivity contribution is -0.124. The number of likely N-dealkylation sites (tertiary alicyclic amines) is 1. The summed E-state index contributed by atoms with van der Waals surface area (Å²) in [7, 11) is 0. The van der Waals surface area contributed by atoms with Crippen molar-refractivity contribution in [1.29, 1.82) is 5.26 Å². The van der Waals surface area contributed by atoms with E-state index in [1.54, 1.807) is 12.1 Å². The Morgan fingerprint density at radius 1 is 1.14 bits per heavy atom. The van der Waals surface area contributed by atoms with Gasteiger partial charge in [0.1, 0.15) is 17.3 Å². The van der Waals surface area contributed by atoms with Gasteiger partial charge in [0.15, 0.2) is 0 Å². The number of carbonyl (C=O) groups is 2. The van der Waals surface area contributed by atoms with Crippen LogP contribution in [0, 0.1) is 23.2 Å². The molecule has 1 heterocycles. The molecule has 2 atom stereocenters. The van der Waals surface area contributed by atoms with E-state index in [0.717, 1.165) is 23.9 Å². The molecule has 7 heteroatoms. The van der Waals surface area contributed by atoms with Crippen molar-refractivity contribution in [1.82, 2.24) is 15.5 Å². The van der Waals surface area contributed by atoms with Crippen molar-refractivity contribution in [3.63, 3.8) is 0 Å². The molecule has 36 heavy (non-hydrogen) atoms. The minimum Gasteiger partial charge on any atom is -0.410 e. The van der Waals surface area contributed by atoms with Crippen LogP contribution in [0.15, 0.2) is 42.5 Å².